The summed E-state index contributed by atoms with van der Waals surface area (Å²) in [6.45, 7) is 2.23. The molecule has 1 aliphatic rings. The molecule has 0 radical (unpaired) electrons. The lowest BCUT2D eigenvalue weighted by Crippen LogP contribution is -2.26. The Morgan fingerprint density at radius 2 is 2.06 bits per heavy atom. The molecule has 0 aliphatic carbocycles. The molecule has 2 nitrogen and oxygen atoms in total. The second-order valence-electron chi connectivity index (χ2n) is 4.67. The lowest BCUT2D eigenvalue weighted by Gasteiger charge is -2.23. The molecule has 100 valence electrons. The molecule has 5 heteroatoms. The number of anilines is 1. The van der Waals surface area contributed by atoms with Crippen LogP contribution in [0.15, 0.2) is 24.3 Å². The number of nitrogens with zero attached hydrogens (tertiary/aromatic N) is 1. The van der Waals surface area contributed by atoms with Crippen LogP contribution in [0.5, 0.6) is 0 Å². The number of hydrogen-bond donors (Lipinski definition) is 1. The molecule has 2 rings (SSSR count). The van der Waals surface area contributed by atoms with Crippen molar-refractivity contribution >= 4 is 5.69 Å². The number of alkyl halides is 3. The van der Waals surface area contributed by atoms with Gasteiger partial charge >= 0.3 is 6.18 Å². The molecule has 1 aromatic carbocycles. The van der Waals surface area contributed by atoms with Crippen molar-refractivity contribution in [2.24, 2.45) is 5.92 Å². The van der Waals surface area contributed by atoms with E-state index in [1.54, 1.807) is 12.1 Å². The number of hydrogen-bond acceptors (Lipinski definition) is 2. The van der Waals surface area contributed by atoms with E-state index in [0.717, 1.165) is 19.0 Å². The first kappa shape index (κ1) is 13.2. The minimum Gasteiger partial charge on any atom is -0.371 e. The third kappa shape index (κ3) is 2.77. The van der Waals surface area contributed by atoms with Gasteiger partial charge in [0.1, 0.15) is 0 Å². The van der Waals surface area contributed by atoms with Crippen LogP contribution in [-0.4, -0.2) is 26.7 Å². The standard InChI is InChI=1S/C13H17F3N2/c1-17-8-10-6-7-18(9-10)12-5-3-2-4-11(12)13(14,15)16/h2-5,10,17H,6-9H2,1H3. The number of rotatable bonds is 3. The van der Waals surface area contributed by atoms with Gasteiger partial charge in [-0.25, -0.2) is 0 Å². The molecular formula is C13H17F3N2. The monoisotopic (exact) mass is 258 g/mol. The van der Waals surface area contributed by atoms with Gasteiger partial charge in [0, 0.05) is 18.8 Å². The molecule has 0 spiro atoms. The molecule has 1 fully saturated rings. The zero-order valence-electron chi connectivity index (χ0n) is 10.3. The predicted molar refractivity (Wildman–Crippen MR) is 65.7 cm³/mol. The topological polar surface area (TPSA) is 15.3 Å². The lowest BCUT2D eigenvalue weighted by molar-refractivity contribution is -0.137. The summed E-state index contributed by atoms with van der Waals surface area (Å²) in [6.07, 6.45) is -3.34. The molecule has 1 atom stereocenters. The molecule has 0 aromatic heterocycles. The summed E-state index contributed by atoms with van der Waals surface area (Å²) in [7, 11) is 1.87. The summed E-state index contributed by atoms with van der Waals surface area (Å²) in [5.41, 5.74) is -0.223. The van der Waals surface area contributed by atoms with E-state index in [4.69, 9.17) is 0 Å². The first-order valence-corrected chi connectivity index (χ1v) is 6.08. The Hall–Kier alpha value is -1.23. The molecule has 18 heavy (non-hydrogen) atoms. The molecular weight excluding hydrogens is 241 g/mol. The highest BCUT2D eigenvalue weighted by Gasteiger charge is 2.35. The van der Waals surface area contributed by atoms with Crippen molar-refractivity contribution in [1.82, 2.24) is 5.32 Å². The molecule has 0 bridgehead atoms. The Morgan fingerprint density at radius 1 is 1.33 bits per heavy atom. The van der Waals surface area contributed by atoms with Gasteiger partial charge < -0.3 is 10.2 Å². The van der Waals surface area contributed by atoms with Gasteiger partial charge in [0.05, 0.1) is 5.56 Å². The maximum Gasteiger partial charge on any atom is 0.418 e. The van der Waals surface area contributed by atoms with E-state index in [0.29, 0.717) is 24.7 Å². The number of para-hydroxylation sites is 1. The maximum atomic E-state index is 12.9. The van der Waals surface area contributed by atoms with Crippen LogP contribution in [0.25, 0.3) is 0 Å². The van der Waals surface area contributed by atoms with Crippen molar-refractivity contribution in [3.63, 3.8) is 0 Å². The zero-order valence-corrected chi connectivity index (χ0v) is 10.3. The Morgan fingerprint density at radius 3 is 2.72 bits per heavy atom. The van der Waals surface area contributed by atoms with Crippen LogP contribution in [0, 0.1) is 5.92 Å². The van der Waals surface area contributed by atoms with E-state index in [2.05, 4.69) is 5.32 Å². The van der Waals surface area contributed by atoms with Crippen molar-refractivity contribution in [2.75, 3.05) is 31.6 Å². The molecule has 0 saturated carbocycles. The third-order valence-electron chi connectivity index (χ3n) is 3.33. The van der Waals surface area contributed by atoms with Gasteiger partial charge in [0.2, 0.25) is 0 Å². The third-order valence-corrected chi connectivity index (χ3v) is 3.33. The van der Waals surface area contributed by atoms with Crippen LogP contribution >= 0.6 is 0 Å². The van der Waals surface area contributed by atoms with Gasteiger partial charge in [0.15, 0.2) is 0 Å². The fourth-order valence-corrected chi connectivity index (χ4v) is 2.50. The van der Waals surface area contributed by atoms with Crippen molar-refractivity contribution < 1.29 is 13.2 Å². The molecule has 1 saturated heterocycles. The van der Waals surface area contributed by atoms with Crippen LogP contribution in [0.2, 0.25) is 0 Å². The summed E-state index contributed by atoms with van der Waals surface area (Å²) < 4.78 is 38.7. The van der Waals surface area contributed by atoms with E-state index >= 15 is 0 Å². The molecule has 1 aliphatic heterocycles. The van der Waals surface area contributed by atoms with Gasteiger partial charge in [-0.15, -0.1) is 0 Å². The van der Waals surface area contributed by atoms with Crippen molar-refractivity contribution in [2.45, 2.75) is 12.6 Å². The summed E-state index contributed by atoms with van der Waals surface area (Å²) in [4.78, 5) is 1.84. The van der Waals surface area contributed by atoms with Gasteiger partial charge in [-0.2, -0.15) is 13.2 Å². The van der Waals surface area contributed by atoms with Gasteiger partial charge in [0.25, 0.3) is 0 Å². The number of halogens is 3. The highest BCUT2D eigenvalue weighted by atomic mass is 19.4. The van der Waals surface area contributed by atoms with Crippen molar-refractivity contribution in [3.8, 4) is 0 Å². The van der Waals surface area contributed by atoms with Crippen LogP contribution in [0.3, 0.4) is 0 Å². The summed E-state index contributed by atoms with van der Waals surface area (Å²) in [5.74, 6) is 0.427. The molecule has 0 amide bonds. The quantitative estimate of drug-likeness (QED) is 0.896. The van der Waals surface area contributed by atoms with Crippen molar-refractivity contribution in [1.29, 1.82) is 0 Å². The highest BCUT2D eigenvalue weighted by Crippen LogP contribution is 2.37. The largest absolute Gasteiger partial charge is 0.418 e. The molecule has 1 heterocycles. The van der Waals surface area contributed by atoms with Crippen LogP contribution in [0.4, 0.5) is 18.9 Å². The normalized spacial score (nSPS) is 20.4. The van der Waals surface area contributed by atoms with Gasteiger partial charge in [-0.1, -0.05) is 12.1 Å². The zero-order chi connectivity index (χ0) is 13.2. The first-order valence-electron chi connectivity index (χ1n) is 6.08. The smallest absolute Gasteiger partial charge is 0.371 e. The maximum absolute atomic E-state index is 12.9. The number of benzene rings is 1. The summed E-state index contributed by atoms with van der Waals surface area (Å²) in [5, 5.41) is 3.08. The summed E-state index contributed by atoms with van der Waals surface area (Å²) >= 11 is 0. The predicted octanol–water partition coefficient (Wildman–Crippen LogP) is 2.75. The molecule has 1 unspecified atom stereocenters. The second-order valence-corrected chi connectivity index (χ2v) is 4.67. The molecule has 1 aromatic rings. The average molecular weight is 258 g/mol. The van der Waals surface area contributed by atoms with E-state index < -0.39 is 11.7 Å². The van der Waals surface area contributed by atoms with E-state index in [9.17, 15) is 13.2 Å². The first-order chi connectivity index (χ1) is 8.52. The minimum absolute atomic E-state index is 0.309. The van der Waals surface area contributed by atoms with E-state index in [-0.39, 0.29) is 0 Å². The van der Waals surface area contributed by atoms with Crippen LogP contribution < -0.4 is 10.2 Å². The lowest BCUT2D eigenvalue weighted by atomic mass is 10.1. The van der Waals surface area contributed by atoms with E-state index in [1.807, 2.05) is 11.9 Å². The Bertz CT molecular complexity index is 403. The van der Waals surface area contributed by atoms with Crippen LogP contribution in [0.1, 0.15) is 12.0 Å². The minimum atomic E-state index is -4.28. The SMILES string of the molecule is CNCC1CCN(c2ccccc2C(F)(F)F)C1. The fourth-order valence-electron chi connectivity index (χ4n) is 2.50. The average Bonchev–Trinajstić information content (AvgIpc) is 2.77. The Kier molecular flexibility index (Phi) is 3.80. The fraction of sp³-hybridized carbons (Fsp3) is 0.538. The van der Waals surface area contributed by atoms with Crippen molar-refractivity contribution in [3.05, 3.63) is 29.8 Å². The van der Waals surface area contributed by atoms with E-state index in [1.165, 1.54) is 6.07 Å². The van der Waals surface area contributed by atoms with Gasteiger partial charge in [-0.3, -0.25) is 0 Å². The number of nitrogens with one attached hydrogen (secondary N) is 1. The highest BCUT2D eigenvalue weighted by molar-refractivity contribution is 5.55. The Labute approximate surface area is 105 Å². The van der Waals surface area contributed by atoms with Gasteiger partial charge in [-0.05, 0) is 38.1 Å². The molecule has 1 N–H and O–H groups in total. The van der Waals surface area contributed by atoms with Crippen LogP contribution in [-0.2, 0) is 6.18 Å². The second kappa shape index (κ2) is 5.18. The Balaban J connectivity index is 2.19. The summed E-state index contributed by atoms with van der Waals surface area (Å²) in [6, 6.07) is 5.81.